The van der Waals surface area contributed by atoms with Gasteiger partial charge in [-0.3, -0.25) is 9.59 Å². The Morgan fingerprint density at radius 3 is 2.58 bits per heavy atom. The van der Waals surface area contributed by atoms with Gasteiger partial charge in [0, 0.05) is 18.8 Å². The third-order valence-electron chi connectivity index (χ3n) is 3.42. The molecule has 0 aliphatic carbocycles. The van der Waals surface area contributed by atoms with Crippen molar-refractivity contribution < 1.29 is 22.8 Å². The van der Waals surface area contributed by atoms with Gasteiger partial charge >= 0.3 is 6.18 Å². The highest BCUT2D eigenvalue weighted by atomic mass is 19.4. The molecule has 0 saturated carbocycles. The van der Waals surface area contributed by atoms with Gasteiger partial charge in [-0.25, -0.2) is 5.43 Å². The van der Waals surface area contributed by atoms with E-state index in [1.54, 1.807) is 0 Å². The van der Waals surface area contributed by atoms with E-state index in [4.69, 9.17) is 0 Å². The number of alkyl halides is 3. The average molecular weight is 339 g/mol. The van der Waals surface area contributed by atoms with Gasteiger partial charge in [0.15, 0.2) is 0 Å². The second-order valence-corrected chi connectivity index (χ2v) is 5.25. The van der Waals surface area contributed by atoms with Crippen LogP contribution >= 0.6 is 0 Å². The SMILES string of the molecule is O=C(/C=C/c1ccc(C(F)(F)F)cc1)NCCCC1C=NNC1=O. The van der Waals surface area contributed by atoms with E-state index in [9.17, 15) is 22.8 Å². The Bertz CT molecular complexity index is 652. The number of nitrogens with zero attached hydrogens (tertiary/aromatic N) is 1. The van der Waals surface area contributed by atoms with Crippen LogP contribution in [0.2, 0.25) is 0 Å². The van der Waals surface area contributed by atoms with Gasteiger partial charge in [-0.05, 0) is 36.6 Å². The number of rotatable bonds is 6. The standard InChI is InChI=1S/C16H16F3N3O2/c17-16(18,19)13-6-3-11(4-7-13)5-8-14(23)20-9-1-2-12-10-21-22-15(12)24/h3-8,10,12H,1-2,9H2,(H,20,23)(H,22,24)/b8-5+. The van der Waals surface area contributed by atoms with Crippen molar-refractivity contribution in [1.29, 1.82) is 0 Å². The maximum Gasteiger partial charge on any atom is 0.416 e. The van der Waals surface area contributed by atoms with Crippen LogP contribution < -0.4 is 10.7 Å². The van der Waals surface area contributed by atoms with Crippen LogP contribution in [-0.2, 0) is 15.8 Å². The third kappa shape index (κ3) is 5.22. The highest BCUT2D eigenvalue weighted by Crippen LogP contribution is 2.29. The number of benzene rings is 1. The fraction of sp³-hybridized carbons (Fsp3) is 0.312. The summed E-state index contributed by atoms with van der Waals surface area (Å²) in [7, 11) is 0. The molecule has 0 fully saturated rings. The summed E-state index contributed by atoms with van der Waals surface area (Å²) >= 11 is 0. The van der Waals surface area contributed by atoms with Crippen molar-refractivity contribution in [3.8, 4) is 0 Å². The summed E-state index contributed by atoms with van der Waals surface area (Å²) < 4.78 is 37.3. The van der Waals surface area contributed by atoms with Gasteiger partial charge < -0.3 is 5.32 Å². The van der Waals surface area contributed by atoms with E-state index in [1.807, 2.05) is 0 Å². The number of nitrogens with one attached hydrogen (secondary N) is 2. The first-order valence-corrected chi connectivity index (χ1v) is 7.32. The number of hydrogen-bond donors (Lipinski definition) is 2. The van der Waals surface area contributed by atoms with Crippen molar-refractivity contribution in [2.24, 2.45) is 11.0 Å². The predicted octanol–water partition coefficient (Wildman–Crippen LogP) is 2.35. The van der Waals surface area contributed by atoms with E-state index in [-0.39, 0.29) is 17.7 Å². The van der Waals surface area contributed by atoms with Crippen molar-refractivity contribution >= 4 is 24.1 Å². The normalized spacial score (nSPS) is 17.3. The molecule has 1 atom stereocenters. The molecule has 1 heterocycles. The summed E-state index contributed by atoms with van der Waals surface area (Å²) in [5.41, 5.74) is 2.10. The molecular formula is C16H16F3N3O2. The smallest absolute Gasteiger partial charge is 0.353 e. The first kappa shape index (κ1) is 17.7. The van der Waals surface area contributed by atoms with Gasteiger partial charge in [0.1, 0.15) is 0 Å². The highest BCUT2D eigenvalue weighted by molar-refractivity contribution is 5.97. The van der Waals surface area contributed by atoms with E-state index in [2.05, 4.69) is 15.8 Å². The van der Waals surface area contributed by atoms with Crippen molar-refractivity contribution in [3.05, 3.63) is 41.5 Å². The topological polar surface area (TPSA) is 70.6 Å². The molecular weight excluding hydrogens is 323 g/mol. The fourth-order valence-electron chi connectivity index (χ4n) is 2.09. The van der Waals surface area contributed by atoms with Gasteiger partial charge in [0.05, 0.1) is 11.5 Å². The Morgan fingerprint density at radius 1 is 1.29 bits per heavy atom. The number of hydrazone groups is 1. The molecule has 2 rings (SSSR count). The number of carbonyl (C=O) groups is 2. The number of hydrogen-bond acceptors (Lipinski definition) is 3. The molecule has 128 valence electrons. The van der Waals surface area contributed by atoms with E-state index in [0.717, 1.165) is 12.1 Å². The van der Waals surface area contributed by atoms with Crippen molar-refractivity contribution in [2.75, 3.05) is 6.54 Å². The number of amides is 2. The molecule has 0 bridgehead atoms. The first-order chi connectivity index (χ1) is 11.4. The fourth-order valence-corrected chi connectivity index (χ4v) is 2.09. The summed E-state index contributed by atoms with van der Waals surface area (Å²) in [4.78, 5) is 22.9. The van der Waals surface area contributed by atoms with E-state index in [0.29, 0.717) is 24.9 Å². The molecule has 1 aliphatic heterocycles. The number of halogens is 3. The summed E-state index contributed by atoms with van der Waals surface area (Å²) in [5, 5.41) is 6.30. The monoisotopic (exact) mass is 339 g/mol. The summed E-state index contributed by atoms with van der Waals surface area (Å²) in [6, 6.07) is 4.52. The zero-order valence-electron chi connectivity index (χ0n) is 12.6. The van der Waals surface area contributed by atoms with Gasteiger partial charge in [0.25, 0.3) is 0 Å². The molecule has 1 unspecified atom stereocenters. The molecule has 5 nitrogen and oxygen atoms in total. The molecule has 24 heavy (non-hydrogen) atoms. The van der Waals surface area contributed by atoms with Crippen LogP contribution in [0.3, 0.4) is 0 Å². The lowest BCUT2D eigenvalue weighted by atomic mass is 10.1. The highest BCUT2D eigenvalue weighted by Gasteiger charge is 2.29. The van der Waals surface area contributed by atoms with Crippen LogP contribution in [0.1, 0.15) is 24.0 Å². The summed E-state index contributed by atoms with van der Waals surface area (Å²) in [6.45, 7) is 0.397. The van der Waals surface area contributed by atoms with Gasteiger partial charge in [0.2, 0.25) is 11.8 Å². The molecule has 0 spiro atoms. The second-order valence-electron chi connectivity index (χ2n) is 5.25. The average Bonchev–Trinajstić information content (AvgIpc) is 2.94. The van der Waals surface area contributed by atoms with Gasteiger partial charge in [-0.1, -0.05) is 12.1 Å². The van der Waals surface area contributed by atoms with Gasteiger partial charge in [-0.15, -0.1) is 0 Å². The lowest BCUT2D eigenvalue weighted by molar-refractivity contribution is -0.137. The van der Waals surface area contributed by atoms with Crippen molar-refractivity contribution in [3.63, 3.8) is 0 Å². The third-order valence-corrected chi connectivity index (χ3v) is 3.42. The van der Waals surface area contributed by atoms with Crippen LogP contribution in [0.25, 0.3) is 6.08 Å². The lowest BCUT2D eigenvalue weighted by Gasteiger charge is -2.06. The van der Waals surface area contributed by atoms with Crippen LogP contribution in [0.15, 0.2) is 35.4 Å². The lowest BCUT2D eigenvalue weighted by Crippen LogP contribution is -2.24. The quantitative estimate of drug-likeness (QED) is 0.617. The van der Waals surface area contributed by atoms with E-state index >= 15 is 0 Å². The minimum absolute atomic E-state index is 0.150. The Hall–Kier alpha value is -2.64. The van der Waals surface area contributed by atoms with Crippen molar-refractivity contribution in [1.82, 2.24) is 10.7 Å². The van der Waals surface area contributed by atoms with Crippen LogP contribution in [0, 0.1) is 5.92 Å². The first-order valence-electron chi connectivity index (χ1n) is 7.32. The molecule has 1 aliphatic rings. The summed E-state index contributed by atoms with van der Waals surface area (Å²) in [5.74, 6) is -0.757. The summed E-state index contributed by atoms with van der Waals surface area (Å²) in [6.07, 6.45) is 1.05. The zero-order valence-corrected chi connectivity index (χ0v) is 12.6. The minimum Gasteiger partial charge on any atom is -0.353 e. The Kier molecular flexibility index (Phi) is 5.73. The molecule has 2 amide bonds. The van der Waals surface area contributed by atoms with Crippen LogP contribution in [0.4, 0.5) is 13.2 Å². The van der Waals surface area contributed by atoms with Gasteiger partial charge in [-0.2, -0.15) is 18.3 Å². The maximum absolute atomic E-state index is 12.4. The van der Waals surface area contributed by atoms with E-state index in [1.165, 1.54) is 30.5 Å². The molecule has 2 N–H and O–H groups in total. The molecule has 0 saturated heterocycles. The molecule has 8 heteroatoms. The largest absolute Gasteiger partial charge is 0.416 e. The maximum atomic E-state index is 12.4. The van der Waals surface area contributed by atoms with E-state index < -0.39 is 11.7 Å². The molecule has 0 radical (unpaired) electrons. The van der Waals surface area contributed by atoms with Crippen LogP contribution in [0.5, 0.6) is 0 Å². The predicted molar refractivity (Wildman–Crippen MR) is 82.8 cm³/mol. The Balaban J connectivity index is 1.72. The molecule has 0 aromatic heterocycles. The second kappa shape index (κ2) is 7.76. The molecule has 1 aromatic rings. The Morgan fingerprint density at radius 2 is 2.00 bits per heavy atom. The number of carbonyl (C=O) groups excluding carboxylic acids is 2. The van der Waals surface area contributed by atoms with Crippen molar-refractivity contribution in [2.45, 2.75) is 19.0 Å². The zero-order chi connectivity index (χ0) is 17.6. The molecule has 1 aromatic carbocycles. The minimum atomic E-state index is -4.37. The van der Waals surface area contributed by atoms with Crippen LogP contribution in [-0.4, -0.2) is 24.6 Å². The Labute approximate surface area is 136 Å².